The van der Waals surface area contributed by atoms with E-state index in [0.29, 0.717) is 17.5 Å². The van der Waals surface area contributed by atoms with Crippen LogP contribution < -0.4 is 5.73 Å². The fraction of sp³-hybridized carbons (Fsp3) is 0.556. The van der Waals surface area contributed by atoms with Gasteiger partial charge in [-0.3, -0.25) is 19.8 Å². The molecule has 1 aliphatic carbocycles. The SMILES string of the molecule is CO[C@@]1(c2ccnc(C(N)=O)c2)[C@@H]2CCC[C@H]1CN(Cc1cnn[nH]1)C2.Cl. The van der Waals surface area contributed by atoms with E-state index in [1.165, 1.54) is 6.42 Å². The normalized spacial score (nSPS) is 27.7. The van der Waals surface area contributed by atoms with Gasteiger partial charge in [-0.1, -0.05) is 11.6 Å². The van der Waals surface area contributed by atoms with Crippen LogP contribution in [0, 0.1) is 11.8 Å². The molecule has 2 aromatic heterocycles. The van der Waals surface area contributed by atoms with Crippen molar-refractivity contribution >= 4 is 18.3 Å². The van der Waals surface area contributed by atoms with Crippen molar-refractivity contribution in [3.63, 3.8) is 0 Å². The topological polar surface area (TPSA) is 110 Å². The predicted octanol–water partition coefficient (Wildman–Crippen LogP) is 1.49. The van der Waals surface area contributed by atoms with Crippen molar-refractivity contribution in [2.45, 2.75) is 31.4 Å². The average Bonchev–Trinajstić information content (AvgIpc) is 3.14. The molecule has 2 aliphatic rings. The average molecular weight is 393 g/mol. The Balaban J connectivity index is 0.00000210. The van der Waals surface area contributed by atoms with Gasteiger partial charge in [0.05, 0.1) is 11.9 Å². The number of ether oxygens (including phenoxy) is 1. The highest BCUT2D eigenvalue weighted by atomic mass is 35.5. The first-order chi connectivity index (χ1) is 12.6. The number of amides is 1. The number of piperidine rings is 1. The van der Waals surface area contributed by atoms with Crippen molar-refractivity contribution in [1.29, 1.82) is 0 Å². The van der Waals surface area contributed by atoms with E-state index in [-0.39, 0.29) is 12.4 Å². The number of aromatic nitrogens is 4. The molecule has 3 heterocycles. The number of nitrogens with one attached hydrogen (secondary N) is 1. The second kappa shape index (κ2) is 7.92. The van der Waals surface area contributed by atoms with Gasteiger partial charge in [-0.25, -0.2) is 0 Å². The van der Waals surface area contributed by atoms with Crippen LogP contribution in [-0.4, -0.2) is 51.4 Å². The van der Waals surface area contributed by atoms with E-state index < -0.39 is 11.5 Å². The summed E-state index contributed by atoms with van der Waals surface area (Å²) >= 11 is 0. The number of nitrogens with two attached hydrogens (primary N) is 1. The number of carbonyl (C=O) groups excluding carboxylic acids is 1. The number of halogens is 1. The van der Waals surface area contributed by atoms with E-state index in [0.717, 1.165) is 43.7 Å². The molecule has 9 heteroatoms. The van der Waals surface area contributed by atoms with Crippen molar-refractivity contribution in [1.82, 2.24) is 25.3 Å². The molecule has 0 spiro atoms. The van der Waals surface area contributed by atoms with E-state index >= 15 is 0 Å². The molecule has 0 aromatic carbocycles. The first kappa shape index (κ1) is 19.7. The zero-order valence-electron chi connectivity index (χ0n) is 15.3. The lowest BCUT2D eigenvalue weighted by Crippen LogP contribution is -2.58. The lowest BCUT2D eigenvalue weighted by Gasteiger charge is -2.55. The smallest absolute Gasteiger partial charge is 0.267 e. The van der Waals surface area contributed by atoms with Crippen LogP contribution in [-0.2, 0) is 16.9 Å². The minimum atomic E-state index is -0.507. The Morgan fingerprint density at radius 1 is 1.41 bits per heavy atom. The number of rotatable bonds is 5. The molecular weight excluding hydrogens is 368 g/mol. The van der Waals surface area contributed by atoms with Gasteiger partial charge in [0, 0.05) is 44.8 Å². The summed E-state index contributed by atoms with van der Waals surface area (Å²) < 4.78 is 6.21. The van der Waals surface area contributed by atoms with Crippen molar-refractivity contribution < 1.29 is 9.53 Å². The van der Waals surface area contributed by atoms with E-state index in [4.69, 9.17) is 10.5 Å². The number of aromatic amines is 1. The summed E-state index contributed by atoms with van der Waals surface area (Å²) in [5.41, 5.74) is 7.38. The number of primary amides is 1. The largest absolute Gasteiger partial charge is 0.373 e. The number of pyridine rings is 1. The predicted molar refractivity (Wildman–Crippen MR) is 101 cm³/mol. The molecule has 146 valence electrons. The van der Waals surface area contributed by atoms with Gasteiger partial charge in [0.15, 0.2) is 0 Å². The molecule has 1 saturated heterocycles. The number of fused-ring (bicyclic) bond motifs is 2. The monoisotopic (exact) mass is 392 g/mol. The summed E-state index contributed by atoms with van der Waals surface area (Å²) in [7, 11) is 1.78. The Kier molecular flexibility index (Phi) is 5.78. The zero-order chi connectivity index (χ0) is 18.1. The van der Waals surface area contributed by atoms with Crippen molar-refractivity contribution in [2.24, 2.45) is 17.6 Å². The van der Waals surface area contributed by atoms with Gasteiger partial charge >= 0.3 is 0 Å². The lowest BCUT2D eigenvalue weighted by atomic mass is 9.62. The number of likely N-dealkylation sites (tertiary alicyclic amines) is 1. The molecule has 1 saturated carbocycles. The summed E-state index contributed by atoms with van der Waals surface area (Å²) in [5, 5.41) is 10.6. The van der Waals surface area contributed by atoms with Crippen LogP contribution in [0.15, 0.2) is 24.5 Å². The number of H-pyrrole nitrogens is 1. The number of methoxy groups -OCH3 is 1. The summed E-state index contributed by atoms with van der Waals surface area (Å²) in [6, 6.07) is 3.78. The van der Waals surface area contributed by atoms with Crippen LogP contribution >= 0.6 is 12.4 Å². The Bertz CT molecular complexity index is 770. The fourth-order valence-electron chi connectivity index (χ4n) is 4.92. The minimum absolute atomic E-state index is 0. The molecule has 1 amide bonds. The third kappa shape index (κ3) is 3.44. The van der Waals surface area contributed by atoms with Gasteiger partial charge < -0.3 is 10.5 Å². The lowest BCUT2D eigenvalue weighted by molar-refractivity contribution is -0.170. The molecule has 1 aliphatic heterocycles. The highest BCUT2D eigenvalue weighted by Gasteiger charge is 2.53. The Hall–Kier alpha value is -2.03. The van der Waals surface area contributed by atoms with Crippen LogP contribution in [0.25, 0.3) is 0 Å². The third-order valence-electron chi connectivity index (χ3n) is 5.94. The van der Waals surface area contributed by atoms with Crippen molar-refractivity contribution in [2.75, 3.05) is 20.2 Å². The molecule has 3 atom stereocenters. The Morgan fingerprint density at radius 2 is 2.15 bits per heavy atom. The third-order valence-corrected chi connectivity index (χ3v) is 5.94. The summed E-state index contributed by atoms with van der Waals surface area (Å²) in [4.78, 5) is 18.1. The van der Waals surface area contributed by atoms with Gasteiger partial charge in [0.1, 0.15) is 11.3 Å². The Labute approximate surface area is 164 Å². The summed E-state index contributed by atoms with van der Waals surface area (Å²) in [6.45, 7) is 2.66. The molecular formula is C18H25ClN6O2. The van der Waals surface area contributed by atoms with E-state index in [1.54, 1.807) is 19.5 Å². The van der Waals surface area contributed by atoms with Gasteiger partial charge in [0.25, 0.3) is 5.91 Å². The van der Waals surface area contributed by atoms with Crippen LogP contribution in [0.3, 0.4) is 0 Å². The maximum atomic E-state index is 11.6. The first-order valence-corrected chi connectivity index (χ1v) is 9.02. The van der Waals surface area contributed by atoms with Crippen LogP contribution in [0.5, 0.6) is 0 Å². The minimum Gasteiger partial charge on any atom is -0.373 e. The van der Waals surface area contributed by atoms with E-state index in [2.05, 4.69) is 25.3 Å². The molecule has 0 radical (unpaired) electrons. The van der Waals surface area contributed by atoms with Crippen LogP contribution in [0.1, 0.15) is 41.0 Å². The maximum absolute atomic E-state index is 11.6. The Morgan fingerprint density at radius 3 is 2.74 bits per heavy atom. The molecule has 2 aromatic rings. The molecule has 3 N–H and O–H groups in total. The number of hydrogen-bond donors (Lipinski definition) is 2. The number of hydrogen-bond acceptors (Lipinski definition) is 6. The van der Waals surface area contributed by atoms with Gasteiger partial charge in [-0.15, -0.1) is 17.5 Å². The van der Waals surface area contributed by atoms with Crippen molar-refractivity contribution in [3.8, 4) is 0 Å². The maximum Gasteiger partial charge on any atom is 0.267 e. The standard InChI is InChI=1S/C18H24N6O2.ClH/c1-26-18(12-5-6-20-16(7-12)17(19)25)13-3-2-4-14(18)10-24(9-13)11-15-8-21-23-22-15;/h5-8,13-14H,2-4,9-11H2,1H3,(H2,19,25)(H,21,22,23);1H/t13-,14+,18+;. The fourth-order valence-corrected chi connectivity index (χ4v) is 4.92. The number of nitrogens with zero attached hydrogens (tertiary/aromatic N) is 4. The quantitative estimate of drug-likeness (QED) is 0.797. The zero-order valence-corrected chi connectivity index (χ0v) is 16.1. The highest BCUT2D eigenvalue weighted by molar-refractivity contribution is 5.90. The molecule has 0 unspecified atom stereocenters. The van der Waals surface area contributed by atoms with E-state index in [9.17, 15) is 4.79 Å². The van der Waals surface area contributed by atoms with Crippen LogP contribution in [0.2, 0.25) is 0 Å². The van der Waals surface area contributed by atoms with Crippen LogP contribution in [0.4, 0.5) is 0 Å². The van der Waals surface area contributed by atoms with Gasteiger partial charge in [-0.2, -0.15) is 0 Å². The van der Waals surface area contributed by atoms with Crippen molar-refractivity contribution in [3.05, 3.63) is 41.5 Å². The second-order valence-corrected chi connectivity index (χ2v) is 7.29. The van der Waals surface area contributed by atoms with Gasteiger partial charge in [0.2, 0.25) is 0 Å². The number of carbonyl (C=O) groups is 1. The van der Waals surface area contributed by atoms with E-state index in [1.807, 2.05) is 12.1 Å². The summed E-state index contributed by atoms with van der Waals surface area (Å²) in [5.74, 6) is 0.186. The highest BCUT2D eigenvalue weighted by Crippen LogP contribution is 2.51. The molecule has 8 nitrogen and oxygen atoms in total. The summed E-state index contributed by atoms with van der Waals surface area (Å²) in [6.07, 6.45) is 6.82. The first-order valence-electron chi connectivity index (χ1n) is 9.02. The molecule has 27 heavy (non-hydrogen) atoms. The molecule has 2 fully saturated rings. The second-order valence-electron chi connectivity index (χ2n) is 7.29. The van der Waals surface area contributed by atoms with Gasteiger partial charge in [-0.05, 0) is 30.5 Å². The molecule has 2 bridgehead atoms. The molecule has 4 rings (SSSR count).